The average molecular weight is 523 g/mol. The molecule has 0 radical (unpaired) electrons. The summed E-state index contributed by atoms with van der Waals surface area (Å²) < 4.78 is 36.8. The molecule has 0 amide bonds. The fraction of sp³-hybridized carbons (Fsp3) is 0.565. The van der Waals surface area contributed by atoms with E-state index in [-0.39, 0.29) is 30.7 Å². The molecule has 1 aromatic carbocycles. The summed E-state index contributed by atoms with van der Waals surface area (Å²) in [4.78, 5) is 9.62. The predicted octanol–water partition coefficient (Wildman–Crippen LogP) is 4.26. The fourth-order valence-corrected chi connectivity index (χ4v) is 5.94. The number of rotatable bonds is 10. The number of hydrogen-bond acceptors (Lipinski definition) is 8. The molecule has 3 aromatic rings. The summed E-state index contributed by atoms with van der Waals surface area (Å²) in [6.07, 6.45) is 4.48. The summed E-state index contributed by atoms with van der Waals surface area (Å²) in [5.74, 6) is -0.0203. The Kier molecular flexibility index (Phi) is 7.48. The first-order valence-electron chi connectivity index (χ1n) is 12.0. The minimum atomic E-state index is -0.837. The van der Waals surface area contributed by atoms with Crippen molar-refractivity contribution >= 4 is 38.1 Å². The number of aromatic nitrogens is 5. The molecule has 0 saturated heterocycles. The maximum atomic E-state index is 13.8. The summed E-state index contributed by atoms with van der Waals surface area (Å²) in [5, 5.41) is 18.6. The maximum absolute atomic E-state index is 13.8. The lowest BCUT2D eigenvalue weighted by molar-refractivity contribution is 0.0309. The Balaban J connectivity index is 1.43. The molecule has 0 bridgehead atoms. The number of thioether (sulfide) groups is 1. The Morgan fingerprint density at radius 2 is 2.09 bits per heavy atom. The highest BCUT2D eigenvalue weighted by molar-refractivity contribution is 7.99. The molecule has 2 heterocycles. The number of benzene rings is 1. The zero-order valence-electron chi connectivity index (χ0n) is 19.5. The normalized spacial score (nSPS) is 23.8. The number of aliphatic hydroxyl groups is 1. The van der Waals surface area contributed by atoms with Crippen molar-refractivity contribution in [3.63, 3.8) is 0 Å². The molecule has 12 heteroatoms. The number of ether oxygens (including phenoxy) is 1. The number of aliphatic hydroxyl groups excluding tert-OH is 1. The van der Waals surface area contributed by atoms with Crippen LogP contribution in [0.25, 0.3) is 11.2 Å². The van der Waals surface area contributed by atoms with E-state index in [0.717, 1.165) is 43.4 Å². The molecule has 2 aliphatic carbocycles. The topological polar surface area (TPSA) is 89.2 Å². The Morgan fingerprint density at radius 3 is 2.86 bits per heavy atom. The van der Waals surface area contributed by atoms with Gasteiger partial charge in [0.05, 0.1) is 25.4 Å². The van der Waals surface area contributed by atoms with Gasteiger partial charge in [-0.15, -0.1) is 5.10 Å². The van der Waals surface area contributed by atoms with E-state index in [1.54, 1.807) is 17.8 Å². The van der Waals surface area contributed by atoms with Crippen LogP contribution in [0.4, 0.5) is 14.6 Å². The van der Waals surface area contributed by atoms with Crippen LogP contribution in [0.5, 0.6) is 0 Å². The smallest absolute Gasteiger partial charge is 0.191 e. The lowest BCUT2D eigenvalue weighted by atomic mass is 10.1. The Morgan fingerprint density at radius 1 is 1.23 bits per heavy atom. The van der Waals surface area contributed by atoms with Crippen molar-refractivity contribution in [2.24, 2.45) is 0 Å². The summed E-state index contributed by atoms with van der Waals surface area (Å²) in [6, 6.07) is 4.29. The SMILES string of the molecule is CCCSc1nc(N(P)[C@@H]2C[C@H]2c2ccc(F)c(F)c2)c2nnn([C@H]3CC[C@@H](OCCO)C3)c2n1. The van der Waals surface area contributed by atoms with E-state index in [9.17, 15) is 8.78 Å². The largest absolute Gasteiger partial charge is 0.394 e. The van der Waals surface area contributed by atoms with Gasteiger partial charge >= 0.3 is 0 Å². The van der Waals surface area contributed by atoms with Crippen molar-refractivity contribution < 1.29 is 18.6 Å². The van der Waals surface area contributed by atoms with E-state index in [4.69, 9.17) is 19.8 Å². The third-order valence-corrected chi connectivity index (χ3v) is 8.28. The number of nitrogens with zero attached hydrogens (tertiary/aromatic N) is 6. The van der Waals surface area contributed by atoms with E-state index in [2.05, 4.69) is 26.6 Å². The Bertz CT molecular complexity index is 1200. The lowest BCUT2D eigenvalue weighted by Gasteiger charge is -2.19. The van der Waals surface area contributed by atoms with Crippen LogP contribution < -0.4 is 4.67 Å². The zero-order chi connectivity index (χ0) is 24.5. The number of fused-ring (bicyclic) bond motifs is 1. The number of halogens is 2. The molecular formula is C23H29F2N6O2PS. The lowest BCUT2D eigenvalue weighted by Crippen LogP contribution is -2.17. The quantitative estimate of drug-likeness (QED) is 0.240. The predicted molar refractivity (Wildman–Crippen MR) is 134 cm³/mol. The van der Waals surface area contributed by atoms with Gasteiger partial charge in [0.2, 0.25) is 0 Å². The third-order valence-electron chi connectivity index (χ3n) is 6.60. The molecular weight excluding hydrogens is 493 g/mol. The van der Waals surface area contributed by atoms with E-state index in [0.29, 0.717) is 28.7 Å². The van der Waals surface area contributed by atoms with Crippen LogP contribution in [-0.2, 0) is 4.74 Å². The van der Waals surface area contributed by atoms with Crippen molar-refractivity contribution in [3.05, 3.63) is 35.4 Å². The Labute approximate surface area is 209 Å². The van der Waals surface area contributed by atoms with Crippen LogP contribution in [0.2, 0.25) is 0 Å². The van der Waals surface area contributed by atoms with Crippen LogP contribution in [0.15, 0.2) is 23.4 Å². The molecule has 8 nitrogen and oxygen atoms in total. The van der Waals surface area contributed by atoms with Gasteiger partial charge in [0.15, 0.2) is 33.8 Å². The van der Waals surface area contributed by atoms with Crippen LogP contribution >= 0.6 is 21.2 Å². The number of hydrogen-bond donors (Lipinski definition) is 1. The second-order valence-electron chi connectivity index (χ2n) is 9.06. The molecule has 35 heavy (non-hydrogen) atoms. The van der Waals surface area contributed by atoms with Crippen molar-refractivity contribution in [1.82, 2.24) is 25.0 Å². The Hall–Kier alpha value is -1.94. The van der Waals surface area contributed by atoms with E-state index < -0.39 is 11.6 Å². The van der Waals surface area contributed by atoms with Gasteiger partial charge in [0.1, 0.15) is 0 Å². The van der Waals surface area contributed by atoms with Gasteiger partial charge in [0, 0.05) is 17.7 Å². The van der Waals surface area contributed by atoms with Crippen molar-refractivity contribution in [2.45, 2.75) is 68.3 Å². The summed E-state index contributed by atoms with van der Waals surface area (Å²) in [7, 11) is 2.73. The minimum absolute atomic E-state index is 0.0126. The zero-order valence-corrected chi connectivity index (χ0v) is 21.4. The monoisotopic (exact) mass is 522 g/mol. The van der Waals surface area contributed by atoms with E-state index in [1.165, 1.54) is 12.1 Å². The maximum Gasteiger partial charge on any atom is 0.191 e. The van der Waals surface area contributed by atoms with Gasteiger partial charge in [-0.1, -0.05) is 30.0 Å². The first-order chi connectivity index (χ1) is 17.0. The van der Waals surface area contributed by atoms with Gasteiger partial charge in [-0.05, 0) is 59.2 Å². The molecule has 2 aliphatic rings. The molecule has 5 rings (SSSR count). The molecule has 0 spiro atoms. The average Bonchev–Trinajstić information content (AvgIpc) is 3.32. The fourth-order valence-electron chi connectivity index (χ4n) is 4.74. The van der Waals surface area contributed by atoms with Crippen LogP contribution in [-0.4, -0.2) is 61.2 Å². The second kappa shape index (κ2) is 10.6. The molecule has 2 fully saturated rings. The first kappa shape index (κ1) is 24.7. The van der Waals surface area contributed by atoms with Crippen molar-refractivity contribution in [3.8, 4) is 0 Å². The molecule has 1 N–H and O–H groups in total. The van der Waals surface area contributed by atoms with Gasteiger partial charge in [-0.2, -0.15) is 0 Å². The van der Waals surface area contributed by atoms with E-state index in [1.807, 2.05) is 9.35 Å². The summed E-state index contributed by atoms with van der Waals surface area (Å²) >= 11 is 1.60. The minimum Gasteiger partial charge on any atom is -0.394 e. The van der Waals surface area contributed by atoms with Gasteiger partial charge in [-0.3, -0.25) is 0 Å². The van der Waals surface area contributed by atoms with Crippen LogP contribution in [0.3, 0.4) is 0 Å². The van der Waals surface area contributed by atoms with Crippen molar-refractivity contribution in [2.75, 3.05) is 23.6 Å². The third kappa shape index (κ3) is 5.14. The van der Waals surface area contributed by atoms with Gasteiger partial charge in [-0.25, -0.2) is 23.4 Å². The van der Waals surface area contributed by atoms with Gasteiger partial charge < -0.3 is 14.5 Å². The van der Waals surface area contributed by atoms with Crippen molar-refractivity contribution in [1.29, 1.82) is 0 Å². The molecule has 188 valence electrons. The molecule has 2 aromatic heterocycles. The first-order valence-corrected chi connectivity index (χ1v) is 13.5. The van der Waals surface area contributed by atoms with E-state index >= 15 is 0 Å². The molecule has 5 atom stereocenters. The number of anilines is 1. The highest BCUT2D eigenvalue weighted by atomic mass is 32.2. The highest BCUT2D eigenvalue weighted by Crippen LogP contribution is 2.48. The summed E-state index contributed by atoms with van der Waals surface area (Å²) in [6.45, 7) is 2.46. The van der Waals surface area contributed by atoms with Crippen LogP contribution in [0, 0.1) is 11.6 Å². The molecule has 0 aliphatic heterocycles. The second-order valence-corrected chi connectivity index (χ2v) is 10.7. The van der Waals surface area contributed by atoms with Crippen LogP contribution in [0.1, 0.15) is 56.6 Å². The van der Waals surface area contributed by atoms with Gasteiger partial charge in [0.25, 0.3) is 0 Å². The molecule has 2 saturated carbocycles. The molecule has 1 unspecified atom stereocenters. The highest BCUT2D eigenvalue weighted by Gasteiger charge is 2.43. The summed E-state index contributed by atoms with van der Waals surface area (Å²) in [5.41, 5.74) is 2.09. The standard InChI is InChI=1S/C23H29F2N6O2PS/c1-2-9-35-23-26-21-20(28-29-30(21)14-4-5-15(11-14)33-8-7-32)22(27-23)31(34)19-12-16(19)13-3-6-17(24)18(25)10-13/h3,6,10,14-16,19,32H,2,4-5,7-9,11-12,34H2,1H3/t14-,15+,16-,19+/m0/s1.